The lowest BCUT2D eigenvalue weighted by molar-refractivity contribution is 0.417. The third-order valence-electron chi connectivity index (χ3n) is 2.89. The first-order chi connectivity index (χ1) is 10.1. The van der Waals surface area contributed by atoms with E-state index in [0.717, 1.165) is 29.5 Å². The number of hydrogen-bond donors (Lipinski definition) is 2. The highest BCUT2D eigenvalue weighted by atomic mass is 16.5. The number of aromatic nitrogens is 2. The minimum Gasteiger partial charge on any atom is -0.495 e. The van der Waals surface area contributed by atoms with Crippen molar-refractivity contribution in [3.8, 4) is 5.75 Å². The number of benzene rings is 1. The predicted molar refractivity (Wildman–Crippen MR) is 86.4 cm³/mol. The molecule has 0 aliphatic rings. The van der Waals surface area contributed by atoms with E-state index in [4.69, 9.17) is 4.74 Å². The number of nitrogens with zero attached hydrogens (tertiary/aromatic N) is 2. The van der Waals surface area contributed by atoms with E-state index in [2.05, 4.69) is 34.4 Å². The van der Waals surface area contributed by atoms with Gasteiger partial charge in [-0.3, -0.25) is 0 Å². The van der Waals surface area contributed by atoms with Crippen LogP contribution in [0.15, 0.2) is 30.3 Å². The standard InChI is InChI=1S/C16H22N4O/c1-11(2)10-17-16-18-12(3)9-15(20-16)19-13-7-5-6-8-14(13)21-4/h5-9,11H,10H2,1-4H3,(H2,17,18,19,20). The zero-order valence-electron chi connectivity index (χ0n) is 13.0. The summed E-state index contributed by atoms with van der Waals surface area (Å²) < 4.78 is 5.34. The van der Waals surface area contributed by atoms with Gasteiger partial charge in [-0.1, -0.05) is 26.0 Å². The Morgan fingerprint density at radius 2 is 1.95 bits per heavy atom. The van der Waals surface area contributed by atoms with Gasteiger partial charge in [-0.2, -0.15) is 4.98 Å². The summed E-state index contributed by atoms with van der Waals surface area (Å²) in [6.45, 7) is 7.10. The van der Waals surface area contributed by atoms with Crippen LogP contribution in [0.2, 0.25) is 0 Å². The van der Waals surface area contributed by atoms with Crippen LogP contribution in [0.3, 0.4) is 0 Å². The van der Waals surface area contributed by atoms with Gasteiger partial charge in [-0.15, -0.1) is 0 Å². The van der Waals surface area contributed by atoms with Crippen molar-refractivity contribution in [2.24, 2.45) is 5.92 Å². The summed E-state index contributed by atoms with van der Waals surface area (Å²) in [5.41, 5.74) is 1.79. The molecule has 0 saturated heterocycles. The third kappa shape index (κ3) is 4.34. The normalized spacial score (nSPS) is 10.5. The summed E-state index contributed by atoms with van der Waals surface area (Å²) in [4.78, 5) is 8.88. The first-order valence-electron chi connectivity index (χ1n) is 7.08. The first-order valence-corrected chi connectivity index (χ1v) is 7.08. The Morgan fingerprint density at radius 1 is 1.19 bits per heavy atom. The molecule has 5 nitrogen and oxygen atoms in total. The summed E-state index contributed by atoms with van der Waals surface area (Å²) >= 11 is 0. The highest BCUT2D eigenvalue weighted by Crippen LogP contribution is 2.26. The smallest absolute Gasteiger partial charge is 0.224 e. The van der Waals surface area contributed by atoms with E-state index < -0.39 is 0 Å². The Bertz CT molecular complexity index is 599. The second kappa shape index (κ2) is 6.92. The lowest BCUT2D eigenvalue weighted by Crippen LogP contribution is -2.11. The van der Waals surface area contributed by atoms with Crippen LogP contribution in [0.25, 0.3) is 0 Å². The fourth-order valence-corrected chi connectivity index (χ4v) is 1.89. The largest absolute Gasteiger partial charge is 0.495 e. The van der Waals surface area contributed by atoms with E-state index >= 15 is 0 Å². The van der Waals surface area contributed by atoms with E-state index in [1.165, 1.54) is 0 Å². The van der Waals surface area contributed by atoms with Gasteiger partial charge in [0.05, 0.1) is 12.8 Å². The average molecular weight is 286 g/mol. The van der Waals surface area contributed by atoms with Crippen molar-refractivity contribution < 1.29 is 4.74 Å². The number of aryl methyl sites for hydroxylation is 1. The van der Waals surface area contributed by atoms with Gasteiger partial charge in [0.1, 0.15) is 11.6 Å². The Balaban J connectivity index is 2.19. The van der Waals surface area contributed by atoms with E-state index in [0.29, 0.717) is 11.9 Å². The van der Waals surface area contributed by atoms with Gasteiger partial charge in [0, 0.05) is 18.3 Å². The number of rotatable bonds is 6. The number of anilines is 3. The van der Waals surface area contributed by atoms with Gasteiger partial charge < -0.3 is 15.4 Å². The van der Waals surface area contributed by atoms with Crippen LogP contribution in [0.5, 0.6) is 5.75 Å². The Hall–Kier alpha value is -2.30. The monoisotopic (exact) mass is 286 g/mol. The molecule has 0 amide bonds. The number of para-hydroxylation sites is 2. The van der Waals surface area contributed by atoms with Crippen molar-refractivity contribution in [3.05, 3.63) is 36.0 Å². The molecule has 0 bridgehead atoms. The summed E-state index contributed by atoms with van der Waals surface area (Å²) in [5.74, 6) is 2.71. The van der Waals surface area contributed by atoms with E-state index in [1.807, 2.05) is 37.3 Å². The van der Waals surface area contributed by atoms with Gasteiger partial charge in [0.2, 0.25) is 5.95 Å². The van der Waals surface area contributed by atoms with Crippen molar-refractivity contribution in [1.82, 2.24) is 9.97 Å². The first kappa shape index (κ1) is 15.1. The topological polar surface area (TPSA) is 59.1 Å². The Morgan fingerprint density at radius 3 is 2.67 bits per heavy atom. The van der Waals surface area contributed by atoms with Crippen molar-refractivity contribution in [1.29, 1.82) is 0 Å². The molecule has 112 valence electrons. The van der Waals surface area contributed by atoms with Crippen molar-refractivity contribution in [3.63, 3.8) is 0 Å². The number of hydrogen-bond acceptors (Lipinski definition) is 5. The molecule has 2 N–H and O–H groups in total. The Kier molecular flexibility index (Phi) is 4.98. The maximum absolute atomic E-state index is 5.34. The van der Waals surface area contributed by atoms with Crippen LogP contribution in [0.4, 0.5) is 17.5 Å². The van der Waals surface area contributed by atoms with Crippen molar-refractivity contribution >= 4 is 17.5 Å². The molecule has 0 spiro atoms. The number of nitrogens with one attached hydrogen (secondary N) is 2. The molecule has 5 heteroatoms. The molecule has 1 aromatic carbocycles. The molecule has 0 fully saturated rings. The van der Waals surface area contributed by atoms with Crippen molar-refractivity contribution in [2.75, 3.05) is 24.3 Å². The van der Waals surface area contributed by atoms with Gasteiger partial charge in [-0.25, -0.2) is 4.98 Å². The molecule has 2 aromatic rings. The van der Waals surface area contributed by atoms with Crippen LogP contribution in [0.1, 0.15) is 19.5 Å². The minimum absolute atomic E-state index is 0.541. The molecule has 0 aliphatic heterocycles. The second-order valence-corrected chi connectivity index (χ2v) is 5.32. The quantitative estimate of drug-likeness (QED) is 0.849. The maximum Gasteiger partial charge on any atom is 0.224 e. The number of ether oxygens (including phenoxy) is 1. The predicted octanol–water partition coefficient (Wildman–Crippen LogP) is 3.61. The Labute approximate surface area is 125 Å². The molecule has 0 unspecified atom stereocenters. The SMILES string of the molecule is COc1ccccc1Nc1cc(C)nc(NCC(C)C)n1. The fraction of sp³-hybridized carbons (Fsp3) is 0.375. The molecule has 21 heavy (non-hydrogen) atoms. The van der Waals surface area contributed by atoms with Crippen LogP contribution in [0, 0.1) is 12.8 Å². The zero-order chi connectivity index (χ0) is 15.2. The highest BCUT2D eigenvalue weighted by Gasteiger charge is 2.06. The number of methoxy groups -OCH3 is 1. The second-order valence-electron chi connectivity index (χ2n) is 5.32. The summed E-state index contributed by atoms with van der Waals surface area (Å²) in [5, 5.41) is 6.52. The van der Waals surface area contributed by atoms with Crippen LogP contribution < -0.4 is 15.4 Å². The summed E-state index contributed by atoms with van der Waals surface area (Å²) in [6.07, 6.45) is 0. The highest BCUT2D eigenvalue weighted by molar-refractivity contribution is 5.64. The molecule has 1 heterocycles. The average Bonchev–Trinajstić information content (AvgIpc) is 2.45. The van der Waals surface area contributed by atoms with Crippen LogP contribution in [-0.2, 0) is 0 Å². The molecule has 0 saturated carbocycles. The summed E-state index contributed by atoms with van der Waals surface area (Å²) in [7, 11) is 1.65. The zero-order valence-corrected chi connectivity index (χ0v) is 13.0. The molecule has 0 atom stereocenters. The van der Waals surface area contributed by atoms with E-state index in [-0.39, 0.29) is 0 Å². The maximum atomic E-state index is 5.34. The molecular weight excluding hydrogens is 264 g/mol. The summed E-state index contributed by atoms with van der Waals surface area (Å²) in [6, 6.07) is 9.67. The lowest BCUT2D eigenvalue weighted by Gasteiger charge is -2.13. The van der Waals surface area contributed by atoms with Crippen LogP contribution in [-0.4, -0.2) is 23.6 Å². The van der Waals surface area contributed by atoms with E-state index in [9.17, 15) is 0 Å². The van der Waals surface area contributed by atoms with Gasteiger partial charge >= 0.3 is 0 Å². The van der Waals surface area contributed by atoms with Crippen LogP contribution >= 0.6 is 0 Å². The molecule has 1 aromatic heterocycles. The van der Waals surface area contributed by atoms with Gasteiger partial charge in [0.25, 0.3) is 0 Å². The van der Waals surface area contributed by atoms with Crippen molar-refractivity contribution in [2.45, 2.75) is 20.8 Å². The molecular formula is C16H22N4O. The molecule has 2 rings (SSSR count). The van der Waals surface area contributed by atoms with Gasteiger partial charge in [0.15, 0.2) is 0 Å². The third-order valence-corrected chi connectivity index (χ3v) is 2.89. The molecule has 0 radical (unpaired) electrons. The molecule has 0 aliphatic carbocycles. The lowest BCUT2D eigenvalue weighted by atomic mass is 10.2. The fourth-order valence-electron chi connectivity index (χ4n) is 1.89. The van der Waals surface area contributed by atoms with E-state index in [1.54, 1.807) is 7.11 Å². The van der Waals surface area contributed by atoms with Gasteiger partial charge in [-0.05, 0) is 25.0 Å². The minimum atomic E-state index is 0.541.